The number of likely N-dealkylation sites (N-methyl/N-ethyl adjacent to an activating group) is 1. The normalized spacial score (nSPS) is 24.4. The molecule has 1 N–H and O–H groups in total. The molecule has 0 aromatic rings. The highest BCUT2D eigenvalue weighted by Gasteiger charge is 2.17. The fourth-order valence-corrected chi connectivity index (χ4v) is 1.86. The van der Waals surface area contributed by atoms with Crippen molar-refractivity contribution in [1.29, 1.82) is 0 Å². The molecule has 14 heavy (non-hydrogen) atoms. The Balaban J connectivity index is 2.16. The predicted octanol–water partition coefficient (Wildman–Crippen LogP) is 0.289. The fourth-order valence-electron chi connectivity index (χ4n) is 1.86. The van der Waals surface area contributed by atoms with Crippen molar-refractivity contribution in [2.75, 3.05) is 40.9 Å². The first-order valence-corrected chi connectivity index (χ1v) is 5.23. The molecule has 1 atom stereocenters. The minimum Gasteiger partial charge on any atom is -0.355 e. The predicted molar refractivity (Wildman–Crippen MR) is 56.3 cm³/mol. The molecule has 0 amide bonds. The van der Waals surface area contributed by atoms with Crippen LogP contribution in [-0.2, 0) is 9.47 Å². The lowest BCUT2D eigenvalue weighted by Gasteiger charge is -2.31. The van der Waals surface area contributed by atoms with Crippen LogP contribution in [-0.4, -0.2) is 58.1 Å². The average molecular weight is 202 g/mol. The number of methoxy groups -OCH3 is 2. The van der Waals surface area contributed by atoms with E-state index in [4.69, 9.17) is 9.47 Å². The van der Waals surface area contributed by atoms with Crippen LogP contribution in [0.1, 0.15) is 12.8 Å². The molecule has 0 aliphatic carbocycles. The van der Waals surface area contributed by atoms with Crippen molar-refractivity contribution in [2.24, 2.45) is 0 Å². The molecule has 0 aromatic heterocycles. The second-order valence-corrected chi connectivity index (χ2v) is 3.91. The molecule has 1 heterocycles. The van der Waals surface area contributed by atoms with E-state index < -0.39 is 0 Å². The first-order valence-electron chi connectivity index (χ1n) is 5.23. The minimum absolute atomic E-state index is 0.123. The summed E-state index contributed by atoms with van der Waals surface area (Å²) in [5, 5.41) is 3.46. The summed E-state index contributed by atoms with van der Waals surface area (Å²) in [6.07, 6.45) is 2.41. The van der Waals surface area contributed by atoms with Gasteiger partial charge in [-0.15, -0.1) is 0 Å². The van der Waals surface area contributed by atoms with Crippen molar-refractivity contribution in [3.63, 3.8) is 0 Å². The van der Waals surface area contributed by atoms with Crippen LogP contribution < -0.4 is 5.32 Å². The quantitative estimate of drug-likeness (QED) is 0.650. The number of rotatable bonds is 5. The largest absolute Gasteiger partial charge is 0.355 e. The van der Waals surface area contributed by atoms with E-state index in [-0.39, 0.29) is 6.29 Å². The summed E-state index contributed by atoms with van der Waals surface area (Å²) in [6, 6.07) is 0.585. The molecule has 0 bridgehead atoms. The van der Waals surface area contributed by atoms with Crippen LogP contribution in [0, 0.1) is 0 Å². The third-order valence-electron chi connectivity index (χ3n) is 2.72. The van der Waals surface area contributed by atoms with Gasteiger partial charge < -0.3 is 19.7 Å². The summed E-state index contributed by atoms with van der Waals surface area (Å²) in [7, 11) is 5.50. The van der Waals surface area contributed by atoms with Gasteiger partial charge >= 0.3 is 0 Å². The zero-order chi connectivity index (χ0) is 10.4. The molecular weight excluding hydrogens is 180 g/mol. The van der Waals surface area contributed by atoms with Gasteiger partial charge in [0.15, 0.2) is 6.29 Å². The van der Waals surface area contributed by atoms with Crippen molar-refractivity contribution in [1.82, 2.24) is 10.2 Å². The second kappa shape index (κ2) is 6.35. The molecule has 84 valence electrons. The van der Waals surface area contributed by atoms with Crippen LogP contribution >= 0.6 is 0 Å². The third-order valence-corrected chi connectivity index (χ3v) is 2.72. The van der Waals surface area contributed by atoms with Crippen LogP contribution in [0.5, 0.6) is 0 Å². The van der Waals surface area contributed by atoms with E-state index in [9.17, 15) is 0 Å². The number of likely N-dealkylation sites (tertiary alicyclic amines) is 1. The SMILES string of the molecule is COC(CNC1CCCN(C)C1)OC. The minimum atomic E-state index is -0.123. The Morgan fingerprint density at radius 2 is 2.14 bits per heavy atom. The second-order valence-electron chi connectivity index (χ2n) is 3.91. The smallest absolute Gasteiger partial charge is 0.169 e. The molecular formula is C10H22N2O2. The van der Waals surface area contributed by atoms with Gasteiger partial charge in [-0.1, -0.05) is 0 Å². The summed E-state index contributed by atoms with van der Waals surface area (Å²) < 4.78 is 10.2. The number of hydrogen-bond donors (Lipinski definition) is 1. The summed E-state index contributed by atoms with van der Waals surface area (Å²) in [5.41, 5.74) is 0. The molecule has 1 unspecified atom stereocenters. The van der Waals surface area contributed by atoms with E-state index in [1.54, 1.807) is 14.2 Å². The lowest BCUT2D eigenvalue weighted by atomic mass is 10.1. The first-order chi connectivity index (χ1) is 6.76. The van der Waals surface area contributed by atoms with Crippen LogP contribution in [0.3, 0.4) is 0 Å². The van der Waals surface area contributed by atoms with Gasteiger partial charge in [0, 0.05) is 33.4 Å². The van der Waals surface area contributed by atoms with Gasteiger partial charge in [0.05, 0.1) is 0 Å². The molecule has 1 rings (SSSR count). The molecule has 4 nitrogen and oxygen atoms in total. The van der Waals surface area contributed by atoms with E-state index in [1.807, 2.05) is 0 Å². The summed E-state index contributed by atoms with van der Waals surface area (Å²) in [4.78, 5) is 2.36. The Morgan fingerprint density at radius 1 is 1.43 bits per heavy atom. The molecule has 0 saturated carbocycles. The number of ether oxygens (including phenoxy) is 2. The molecule has 0 aromatic carbocycles. The number of piperidine rings is 1. The summed E-state index contributed by atoms with van der Waals surface area (Å²) in [5.74, 6) is 0. The number of nitrogens with one attached hydrogen (secondary N) is 1. The Hall–Kier alpha value is -0.160. The lowest BCUT2D eigenvalue weighted by molar-refractivity contribution is -0.100. The highest BCUT2D eigenvalue weighted by Crippen LogP contribution is 2.07. The maximum Gasteiger partial charge on any atom is 0.169 e. The Kier molecular flexibility index (Phi) is 5.40. The Labute approximate surface area is 86.6 Å². The van der Waals surface area contributed by atoms with Gasteiger partial charge in [0.1, 0.15) is 0 Å². The molecule has 1 fully saturated rings. The van der Waals surface area contributed by atoms with Crippen LogP contribution in [0.25, 0.3) is 0 Å². The highest BCUT2D eigenvalue weighted by molar-refractivity contribution is 4.76. The molecule has 0 radical (unpaired) electrons. The van der Waals surface area contributed by atoms with Crippen LogP contribution in [0.4, 0.5) is 0 Å². The van der Waals surface area contributed by atoms with Crippen LogP contribution in [0.15, 0.2) is 0 Å². The van der Waals surface area contributed by atoms with E-state index in [0.717, 1.165) is 13.1 Å². The van der Waals surface area contributed by atoms with Gasteiger partial charge in [0.25, 0.3) is 0 Å². The highest BCUT2D eigenvalue weighted by atomic mass is 16.7. The van der Waals surface area contributed by atoms with Gasteiger partial charge in [0.2, 0.25) is 0 Å². The zero-order valence-corrected chi connectivity index (χ0v) is 9.45. The fraction of sp³-hybridized carbons (Fsp3) is 1.00. The first kappa shape index (κ1) is 11.9. The van der Waals surface area contributed by atoms with Crippen molar-refractivity contribution in [2.45, 2.75) is 25.2 Å². The number of nitrogens with zero attached hydrogens (tertiary/aromatic N) is 1. The van der Waals surface area contributed by atoms with E-state index in [0.29, 0.717) is 6.04 Å². The topological polar surface area (TPSA) is 33.7 Å². The Bertz CT molecular complexity index is 151. The molecule has 0 spiro atoms. The number of hydrogen-bond acceptors (Lipinski definition) is 4. The lowest BCUT2D eigenvalue weighted by Crippen LogP contribution is -2.46. The maximum atomic E-state index is 5.12. The van der Waals surface area contributed by atoms with Crippen molar-refractivity contribution in [3.8, 4) is 0 Å². The van der Waals surface area contributed by atoms with E-state index >= 15 is 0 Å². The van der Waals surface area contributed by atoms with Gasteiger partial charge in [-0.05, 0) is 26.4 Å². The zero-order valence-electron chi connectivity index (χ0n) is 9.45. The van der Waals surface area contributed by atoms with E-state index in [2.05, 4.69) is 17.3 Å². The van der Waals surface area contributed by atoms with Gasteiger partial charge in [-0.2, -0.15) is 0 Å². The summed E-state index contributed by atoms with van der Waals surface area (Å²) >= 11 is 0. The van der Waals surface area contributed by atoms with Gasteiger partial charge in [-0.3, -0.25) is 0 Å². The monoisotopic (exact) mass is 202 g/mol. The van der Waals surface area contributed by atoms with Crippen molar-refractivity contribution >= 4 is 0 Å². The van der Waals surface area contributed by atoms with Crippen molar-refractivity contribution < 1.29 is 9.47 Å². The molecule has 1 saturated heterocycles. The Morgan fingerprint density at radius 3 is 2.71 bits per heavy atom. The molecule has 4 heteroatoms. The van der Waals surface area contributed by atoms with Gasteiger partial charge in [-0.25, -0.2) is 0 Å². The van der Waals surface area contributed by atoms with Crippen LogP contribution in [0.2, 0.25) is 0 Å². The summed E-state index contributed by atoms with van der Waals surface area (Å²) in [6.45, 7) is 3.11. The molecule has 1 aliphatic rings. The van der Waals surface area contributed by atoms with E-state index in [1.165, 1.54) is 19.4 Å². The standard InChI is InChI=1S/C10H22N2O2/c1-12-6-4-5-9(8-12)11-7-10(13-2)14-3/h9-11H,4-8H2,1-3H3. The average Bonchev–Trinajstić information content (AvgIpc) is 2.19. The third kappa shape index (κ3) is 3.92. The molecule has 1 aliphatic heterocycles. The maximum absolute atomic E-state index is 5.12. The van der Waals surface area contributed by atoms with Crippen molar-refractivity contribution in [3.05, 3.63) is 0 Å².